The number of nitrogens with two attached hydrogens (primary N) is 2. The summed E-state index contributed by atoms with van der Waals surface area (Å²) in [4.78, 5) is 42.0. The van der Waals surface area contributed by atoms with Crippen LogP contribution in [0.25, 0.3) is 0 Å². The van der Waals surface area contributed by atoms with Crippen molar-refractivity contribution in [2.45, 2.75) is 58.8 Å². The Morgan fingerprint density at radius 2 is 1.52 bits per heavy atom. The van der Waals surface area contributed by atoms with Crippen LogP contribution in [0.5, 0.6) is 5.75 Å². The summed E-state index contributed by atoms with van der Waals surface area (Å²) in [5, 5.41) is 15.2. The fraction of sp³-hybridized carbons (Fsp3) is 0.359. The van der Waals surface area contributed by atoms with E-state index < -0.39 is 29.3 Å². The van der Waals surface area contributed by atoms with E-state index in [2.05, 4.69) is 5.32 Å². The van der Waals surface area contributed by atoms with Crippen molar-refractivity contribution in [1.29, 1.82) is 0 Å². The van der Waals surface area contributed by atoms with Crippen molar-refractivity contribution in [3.63, 3.8) is 0 Å². The number of aliphatic hydroxyl groups excluding tert-OH is 1. The van der Waals surface area contributed by atoms with Gasteiger partial charge in [0, 0.05) is 43.2 Å². The van der Waals surface area contributed by atoms with E-state index >= 15 is 0 Å². The molecule has 0 heterocycles. The Kier molecular flexibility index (Phi) is 13.1. The molecular weight excluding hydrogens is 604 g/mol. The second-order valence-corrected chi connectivity index (χ2v) is 12.4. The molecule has 1 unspecified atom stereocenters. The van der Waals surface area contributed by atoms with E-state index in [1.807, 2.05) is 98.8 Å². The van der Waals surface area contributed by atoms with Gasteiger partial charge in [-0.3, -0.25) is 14.4 Å². The second kappa shape index (κ2) is 17.4. The van der Waals surface area contributed by atoms with E-state index in [1.165, 1.54) is 12.2 Å². The van der Waals surface area contributed by atoms with Gasteiger partial charge in [0.05, 0.1) is 11.5 Å². The summed E-state index contributed by atoms with van der Waals surface area (Å²) >= 11 is 0. The average Bonchev–Trinajstić information content (AvgIpc) is 3.10. The molecule has 3 amide bonds. The summed E-state index contributed by atoms with van der Waals surface area (Å²) < 4.78 is 6.08. The van der Waals surface area contributed by atoms with Crippen LogP contribution in [0.4, 0.5) is 0 Å². The van der Waals surface area contributed by atoms with Gasteiger partial charge in [-0.25, -0.2) is 0 Å². The molecule has 0 bridgehead atoms. The minimum absolute atomic E-state index is 0.0192. The van der Waals surface area contributed by atoms with E-state index in [1.54, 1.807) is 4.90 Å². The summed E-state index contributed by atoms with van der Waals surface area (Å²) in [5.41, 5.74) is 13.6. The maximum Gasteiger partial charge on any atom is 0.249 e. The van der Waals surface area contributed by atoms with Gasteiger partial charge in [0.15, 0.2) is 0 Å². The molecule has 0 aromatic heterocycles. The van der Waals surface area contributed by atoms with E-state index in [0.29, 0.717) is 32.0 Å². The van der Waals surface area contributed by atoms with Crippen molar-refractivity contribution >= 4 is 17.7 Å². The fourth-order valence-corrected chi connectivity index (χ4v) is 6.36. The van der Waals surface area contributed by atoms with Crippen LogP contribution < -0.4 is 21.5 Å². The van der Waals surface area contributed by atoms with Gasteiger partial charge in [0.25, 0.3) is 0 Å². The Bertz CT molecular complexity index is 1580. The molecule has 254 valence electrons. The number of hydrogen-bond donors (Lipinski definition) is 4. The topological polar surface area (TPSA) is 148 Å². The molecule has 9 nitrogen and oxygen atoms in total. The number of benzene rings is 3. The number of nitrogens with zero attached hydrogens (tertiary/aromatic N) is 1. The van der Waals surface area contributed by atoms with Gasteiger partial charge in [-0.05, 0) is 60.6 Å². The highest BCUT2D eigenvalue weighted by molar-refractivity contribution is 6.03. The number of hydrogen-bond acceptors (Lipinski definition) is 6. The van der Waals surface area contributed by atoms with Crippen LogP contribution in [-0.2, 0) is 34.0 Å². The lowest BCUT2D eigenvalue weighted by atomic mass is 9.63. The molecule has 6 N–H and O–H groups in total. The molecule has 48 heavy (non-hydrogen) atoms. The number of aliphatic hydroxyl groups is 1. The maximum atomic E-state index is 13.9. The molecule has 3 aromatic carbocycles. The van der Waals surface area contributed by atoms with E-state index in [0.717, 1.165) is 29.5 Å². The molecule has 0 saturated carbocycles. The van der Waals surface area contributed by atoms with E-state index in [4.69, 9.17) is 16.2 Å². The van der Waals surface area contributed by atoms with Crippen LogP contribution in [0.1, 0.15) is 49.8 Å². The Labute approximate surface area is 283 Å². The molecule has 0 aliphatic heterocycles. The maximum absolute atomic E-state index is 13.9. The van der Waals surface area contributed by atoms with Gasteiger partial charge >= 0.3 is 0 Å². The van der Waals surface area contributed by atoms with Crippen molar-refractivity contribution in [3.8, 4) is 5.75 Å². The van der Waals surface area contributed by atoms with Crippen LogP contribution in [-0.4, -0.2) is 53.5 Å². The lowest BCUT2D eigenvalue weighted by Gasteiger charge is -2.42. The molecule has 9 heteroatoms. The van der Waals surface area contributed by atoms with Crippen LogP contribution >= 0.6 is 0 Å². The molecule has 0 fully saturated rings. The molecule has 0 saturated heterocycles. The zero-order valence-electron chi connectivity index (χ0n) is 27.9. The molecule has 3 aromatic rings. The number of amides is 3. The SMILES string of the molecule is CCCN(CCC)C(=O)C1=CC(C(N)=O)=CC(C(N)=O)([C@H](Cc2cccc(OCc3ccccc3)c2)[C@@H](O)CNCc2ccccc2)C1. The standard InChI is InChI=1S/C39H48N4O5/c1-3-18-43(19-4-2)37(46)32-22-31(36(40)45)23-39(24-32,38(41)47)34(35(44)26-42-25-28-12-7-5-8-13-28)21-30-16-11-17-33(20-30)48-27-29-14-9-6-10-15-29/h5-17,20,22-23,34-35,42,44H,3-4,18-19,21,24-27H2,1-2H3,(H2,40,45)(H2,41,47)/t34-,35+,39?/m1/s1. The number of carbonyl (C=O) groups excluding carboxylic acids is 3. The van der Waals surface area contributed by atoms with Crippen LogP contribution in [0.15, 0.2) is 108 Å². The normalized spacial score (nSPS) is 17.1. The highest BCUT2D eigenvalue weighted by atomic mass is 16.5. The number of primary amides is 2. The van der Waals surface area contributed by atoms with Gasteiger partial charge < -0.3 is 31.5 Å². The Balaban J connectivity index is 1.71. The highest BCUT2D eigenvalue weighted by Crippen LogP contribution is 2.44. The monoisotopic (exact) mass is 652 g/mol. The summed E-state index contributed by atoms with van der Waals surface area (Å²) in [6, 6.07) is 27.1. The van der Waals surface area contributed by atoms with E-state index in [-0.39, 0.29) is 36.4 Å². The van der Waals surface area contributed by atoms with Crippen LogP contribution in [0, 0.1) is 11.3 Å². The van der Waals surface area contributed by atoms with Crippen molar-refractivity contribution in [2.75, 3.05) is 19.6 Å². The minimum Gasteiger partial charge on any atom is -0.489 e. The molecule has 3 atom stereocenters. The molecule has 1 aliphatic rings. The van der Waals surface area contributed by atoms with Gasteiger partial charge in [-0.1, -0.05) is 92.7 Å². The van der Waals surface area contributed by atoms with Crippen molar-refractivity contribution in [3.05, 3.63) is 125 Å². The average molecular weight is 653 g/mol. The quantitative estimate of drug-likeness (QED) is 0.160. The highest BCUT2D eigenvalue weighted by Gasteiger charge is 2.49. The molecule has 0 radical (unpaired) electrons. The lowest BCUT2D eigenvalue weighted by molar-refractivity contribution is -0.132. The Morgan fingerprint density at radius 3 is 2.12 bits per heavy atom. The summed E-state index contributed by atoms with van der Waals surface area (Å²) in [6.45, 7) is 6.01. The zero-order chi connectivity index (χ0) is 34.5. The Hall–Kier alpha value is -4.73. The van der Waals surface area contributed by atoms with Gasteiger partial charge in [0.1, 0.15) is 12.4 Å². The number of rotatable bonds is 18. The van der Waals surface area contributed by atoms with Gasteiger partial charge in [-0.15, -0.1) is 0 Å². The molecule has 4 rings (SSSR count). The largest absolute Gasteiger partial charge is 0.489 e. The first kappa shape index (κ1) is 36.1. The predicted octanol–water partition coefficient (Wildman–Crippen LogP) is 4.44. The van der Waals surface area contributed by atoms with Crippen LogP contribution in [0.3, 0.4) is 0 Å². The van der Waals surface area contributed by atoms with Crippen molar-refractivity contribution in [2.24, 2.45) is 22.8 Å². The first-order valence-corrected chi connectivity index (χ1v) is 16.7. The predicted molar refractivity (Wildman–Crippen MR) is 187 cm³/mol. The van der Waals surface area contributed by atoms with Crippen molar-refractivity contribution < 1.29 is 24.2 Å². The molecule has 0 spiro atoms. The molecular formula is C39H48N4O5. The first-order chi connectivity index (χ1) is 23.2. The third-order valence-electron chi connectivity index (χ3n) is 8.77. The second-order valence-electron chi connectivity index (χ2n) is 12.4. The van der Waals surface area contributed by atoms with Crippen LogP contribution in [0.2, 0.25) is 0 Å². The Morgan fingerprint density at radius 1 is 0.896 bits per heavy atom. The van der Waals surface area contributed by atoms with E-state index in [9.17, 15) is 19.5 Å². The summed E-state index contributed by atoms with van der Waals surface area (Å²) in [5.74, 6) is -2.01. The number of ether oxygens (including phenoxy) is 1. The third-order valence-corrected chi connectivity index (χ3v) is 8.77. The van der Waals surface area contributed by atoms with Gasteiger partial charge in [0.2, 0.25) is 17.7 Å². The smallest absolute Gasteiger partial charge is 0.249 e. The van der Waals surface area contributed by atoms with Gasteiger partial charge in [-0.2, -0.15) is 0 Å². The minimum atomic E-state index is -1.59. The number of nitrogens with one attached hydrogen (secondary N) is 1. The lowest BCUT2D eigenvalue weighted by Crippen LogP contribution is -2.52. The fourth-order valence-electron chi connectivity index (χ4n) is 6.36. The molecule has 1 aliphatic carbocycles. The summed E-state index contributed by atoms with van der Waals surface area (Å²) in [7, 11) is 0. The first-order valence-electron chi connectivity index (χ1n) is 16.7. The third kappa shape index (κ3) is 9.42. The summed E-state index contributed by atoms with van der Waals surface area (Å²) in [6.07, 6.45) is 3.46. The zero-order valence-corrected chi connectivity index (χ0v) is 27.9. The van der Waals surface area contributed by atoms with Crippen molar-refractivity contribution in [1.82, 2.24) is 10.2 Å². The number of carbonyl (C=O) groups is 3.